The average molecular weight is 523 g/mol. The van der Waals surface area contributed by atoms with Crippen LogP contribution in [-0.2, 0) is 10.9 Å². The largest absolute Gasteiger partial charge is 0.416 e. The smallest absolute Gasteiger partial charge is 0.378 e. The van der Waals surface area contributed by atoms with Crippen LogP contribution < -0.4 is 15.8 Å². The lowest BCUT2D eigenvalue weighted by Crippen LogP contribution is -2.36. The Labute approximate surface area is 216 Å². The lowest BCUT2D eigenvalue weighted by molar-refractivity contribution is -0.137. The van der Waals surface area contributed by atoms with Crippen molar-refractivity contribution in [3.05, 3.63) is 93.5 Å². The Kier molecular flexibility index (Phi) is 6.66. The lowest BCUT2D eigenvalue weighted by atomic mass is 10.1. The van der Waals surface area contributed by atoms with Crippen LogP contribution in [0.15, 0.2) is 65.5 Å². The normalized spacial score (nSPS) is 14.1. The van der Waals surface area contributed by atoms with E-state index in [9.17, 15) is 22.8 Å². The minimum atomic E-state index is -4.56. The van der Waals surface area contributed by atoms with Crippen molar-refractivity contribution in [2.45, 2.75) is 20.0 Å². The van der Waals surface area contributed by atoms with Crippen LogP contribution in [-0.4, -0.2) is 41.8 Å². The molecule has 1 fully saturated rings. The van der Waals surface area contributed by atoms with E-state index < -0.39 is 17.6 Å². The maximum Gasteiger partial charge on any atom is 0.416 e. The molecule has 0 atom stereocenters. The minimum Gasteiger partial charge on any atom is -0.378 e. The van der Waals surface area contributed by atoms with E-state index in [2.05, 4.69) is 15.2 Å². The molecule has 0 bridgehead atoms. The van der Waals surface area contributed by atoms with E-state index in [1.807, 2.05) is 25.1 Å². The van der Waals surface area contributed by atoms with E-state index >= 15 is 0 Å². The Balaban J connectivity index is 1.51. The van der Waals surface area contributed by atoms with E-state index in [0.717, 1.165) is 36.5 Å². The molecule has 4 aromatic rings. The van der Waals surface area contributed by atoms with Crippen LogP contribution in [0, 0.1) is 13.8 Å². The Morgan fingerprint density at radius 2 is 1.76 bits per heavy atom. The summed E-state index contributed by atoms with van der Waals surface area (Å²) in [5, 5.41) is 3.10. The Morgan fingerprint density at radius 3 is 2.50 bits per heavy atom. The molecule has 196 valence electrons. The molecule has 1 N–H and O–H groups in total. The quantitative estimate of drug-likeness (QED) is 0.403. The van der Waals surface area contributed by atoms with Gasteiger partial charge in [0.15, 0.2) is 0 Å². The summed E-state index contributed by atoms with van der Waals surface area (Å²) in [6.45, 7) is 6.24. The maximum absolute atomic E-state index is 13.7. The average Bonchev–Trinajstić information content (AvgIpc) is 2.90. The van der Waals surface area contributed by atoms with Crippen molar-refractivity contribution in [2.75, 3.05) is 36.5 Å². The fourth-order valence-corrected chi connectivity index (χ4v) is 4.55. The van der Waals surface area contributed by atoms with Gasteiger partial charge in [0.25, 0.3) is 11.5 Å². The van der Waals surface area contributed by atoms with E-state index in [4.69, 9.17) is 4.74 Å². The fraction of sp³-hybridized carbons (Fsp3) is 0.250. The van der Waals surface area contributed by atoms with Crippen molar-refractivity contribution in [3.63, 3.8) is 0 Å². The molecule has 1 aromatic heterocycles. The molecule has 1 saturated heterocycles. The van der Waals surface area contributed by atoms with Crippen LogP contribution in [0.1, 0.15) is 27.3 Å². The number of carbonyl (C=O) groups is 1. The van der Waals surface area contributed by atoms with Gasteiger partial charge in [0.2, 0.25) is 0 Å². The van der Waals surface area contributed by atoms with E-state index in [0.29, 0.717) is 41.3 Å². The van der Waals surface area contributed by atoms with Crippen LogP contribution >= 0.6 is 0 Å². The Hall–Kier alpha value is -4.18. The molecule has 2 heterocycles. The molecule has 0 unspecified atom stereocenters. The van der Waals surface area contributed by atoms with Gasteiger partial charge in [0.1, 0.15) is 5.82 Å². The molecule has 0 saturated carbocycles. The summed E-state index contributed by atoms with van der Waals surface area (Å²) >= 11 is 0. The number of halogens is 3. The topological polar surface area (TPSA) is 76.5 Å². The van der Waals surface area contributed by atoms with Crippen LogP contribution in [0.5, 0.6) is 0 Å². The number of carbonyl (C=O) groups excluding carboxylic acids is 1. The number of anilines is 2. The standard InChI is InChI=1S/C28H25F3N4O3/c1-17-6-7-21(33-26(36)19-4-3-5-20(14-19)28(29,30)31)15-25(17)35-18(2)32-24-9-8-22(16-23(24)27(35)37)34-10-12-38-13-11-34/h3-9,14-16H,10-13H2,1-2H3,(H,33,36). The molecule has 1 aliphatic heterocycles. The predicted octanol–water partition coefficient (Wildman–Crippen LogP) is 5.11. The first kappa shape index (κ1) is 25.5. The monoisotopic (exact) mass is 522 g/mol. The van der Waals surface area contributed by atoms with Gasteiger partial charge in [-0.05, 0) is 67.9 Å². The molecular weight excluding hydrogens is 497 g/mol. The highest BCUT2D eigenvalue weighted by molar-refractivity contribution is 6.04. The highest BCUT2D eigenvalue weighted by atomic mass is 19.4. The number of nitrogens with one attached hydrogen (secondary N) is 1. The number of morpholine rings is 1. The third-order valence-electron chi connectivity index (χ3n) is 6.56. The van der Waals surface area contributed by atoms with Crippen LogP contribution in [0.4, 0.5) is 24.5 Å². The van der Waals surface area contributed by atoms with Gasteiger partial charge in [-0.25, -0.2) is 4.98 Å². The van der Waals surface area contributed by atoms with Crippen molar-refractivity contribution in [2.24, 2.45) is 0 Å². The molecule has 1 aliphatic rings. The summed E-state index contributed by atoms with van der Waals surface area (Å²) in [6, 6.07) is 14.8. The summed E-state index contributed by atoms with van der Waals surface area (Å²) < 4.78 is 46.2. The Bertz CT molecular complexity index is 1590. The minimum absolute atomic E-state index is 0.127. The van der Waals surface area contributed by atoms with Crippen molar-refractivity contribution in [1.82, 2.24) is 9.55 Å². The lowest BCUT2D eigenvalue weighted by Gasteiger charge is -2.29. The maximum atomic E-state index is 13.7. The number of rotatable bonds is 4. The number of alkyl halides is 3. The van der Waals surface area contributed by atoms with Gasteiger partial charge in [-0.3, -0.25) is 14.2 Å². The fourth-order valence-electron chi connectivity index (χ4n) is 4.55. The Morgan fingerprint density at radius 1 is 1.00 bits per heavy atom. The number of hydrogen-bond acceptors (Lipinski definition) is 5. The number of ether oxygens (including phenoxy) is 1. The zero-order valence-electron chi connectivity index (χ0n) is 20.8. The second-order valence-corrected chi connectivity index (χ2v) is 9.13. The molecule has 5 rings (SSSR count). The zero-order valence-corrected chi connectivity index (χ0v) is 20.8. The van der Waals surface area contributed by atoms with Gasteiger partial charge in [-0.1, -0.05) is 12.1 Å². The SMILES string of the molecule is Cc1ccc(NC(=O)c2cccc(C(F)(F)F)c2)cc1-n1c(C)nc2ccc(N3CCOCC3)cc2c1=O. The predicted molar refractivity (Wildman–Crippen MR) is 139 cm³/mol. The summed E-state index contributed by atoms with van der Waals surface area (Å²) in [4.78, 5) is 33.3. The number of aryl methyl sites for hydroxylation is 2. The van der Waals surface area contributed by atoms with Crippen molar-refractivity contribution >= 4 is 28.2 Å². The van der Waals surface area contributed by atoms with Crippen molar-refractivity contribution in [3.8, 4) is 5.69 Å². The molecule has 0 radical (unpaired) electrons. The van der Waals surface area contributed by atoms with Gasteiger partial charge in [-0.15, -0.1) is 0 Å². The van der Waals surface area contributed by atoms with Crippen LogP contribution in [0.3, 0.4) is 0 Å². The summed E-state index contributed by atoms with van der Waals surface area (Å²) in [5.41, 5.74) is 1.81. The van der Waals surface area contributed by atoms with E-state index in [1.54, 1.807) is 25.1 Å². The van der Waals surface area contributed by atoms with E-state index in [1.165, 1.54) is 16.7 Å². The summed E-state index contributed by atoms with van der Waals surface area (Å²) in [7, 11) is 0. The first-order valence-corrected chi connectivity index (χ1v) is 12.1. The molecule has 7 nitrogen and oxygen atoms in total. The third kappa shape index (κ3) is 4.99. The number of hydrogen-bond donors (Lipinski definition) is 1. The molecule has 0 aliphatic carbocycles. The number of nitrogens with zero attached hydrogens (tertiary/aromatic N) is 3. The van der Waals surface area contributed by atoms with Crippen LogP contribution in [0.25, 0.3) is 16.6 Å². The van der Waals surface area contributed by atoms with Gasteiger partial charge < -0.3 is 15.0 Å². The van der Waals surface area contributed by atoms with E-state index in [-0.39, 0.29) is 11.1 Å². The zero-order chi connectivity index (χ0) is 27.0. The molecule has 3 aromatic carbocycles. The number of fused-ring (bicyclic) bond motifs is 1. The first-order valence-electron chi connectivity index (χ1n) is 12.1. The third-order valence-corrected chi connectivity index (χ3v) is 6.56. The van der Waals surface area contributed by atoms with Gasteiger partial charge >= 0.3 is 6.18 Å². The first-order chi connectivity index (χ1) is 18.1. The van der Waals surface area contributed by atoms with Gasteiger partial charge in [0, 0.05) is 30.0 Å². The van der Waals surface area contributed by atoms with Gasteiger partial charge in [0.05, 0.1) is 35.4 Å². The molecular formula is C28H25F3N4O3. The molecule has 10 heteroatoms. The number of amides is 1. The molecule has 38 heavy (non-hydrogen) atoms. The molecule has 0 spiro atoms. The highest BCUT2D eigenvalue weighted by Gasteiger charge is 2.31. The van der Waals surface area contributed by atoms with Crippen molar-refractivity contribution < 1.29 is 22.7 Å². The number of benzene rings is 3. The summed E-state index contributed by atoms with van der Waals surface area (Å²) in [5.74, 6) is -0.229. The number of aromatic nitrogens is 2. The second-order valence-electron chi connectivity index (χ2n) is 9.13. The summed E-state index contributed by atoms with van der Waals surface area (Å²) in [6.07, 6.45) is -4.56. The second kappa shape index (κ2) is 9.94. The van der Waals surface area contributed by atoms with Gasteiger partial charge in [-0.2, -0.15) is 13.2 Å². The van der Waals surface area contributed by atoms with Crippen molar-refractivity contribution in [1.29, 1.82) is 0 Å². The molecule has 1 amide bonds. The highest BCUT2D eigenvalue weighted by Crippen LogP contribution is 2.30. The van der Waals surface area contributed by atoms with Crippen LogP contribution in [0.2, 0.25) is 0 Å².